The van der Waals surface area contributed by atoms with Gasteiger partial charge in [-0.05, 0) is 12.3 Å². The minimum Gasteiger partial charge on any atom is -0.480 e. The van der Waals surface area contributed by atoms with Crippen molar-refractivity contribution in [2.24, 2.45) is 11.7 Å². The molecule has 0 radical (unpaired) electrons. The van der Waals surface area contributed by atoms with Gasteiger partial charge < -0.3 is 20.7 Å². The summed E-state index contributed by atoms with van der Waals surface area (Å²) in [4.78, 5) is 15.3. The van der Waals surface area contributed by atoms with Crippen molar-refractivity contribution in [1.29, 1.82) is 0 Å². The topological polar surface area (TPSA) is 93.2 Å². The average molecular weight is 268 g/mol. The van der Waals surface area contributed by atoms with Crippen LogP contribution < -0.4 is 11.1 Å². The van der Waals surface area contributed by atoms with Gasteiger partial charge in [0.15, 0.2) is 0 Å². The second-order valence-corrected chi connectivity index (χ2v) is 5.12. The van der Waals surface area contributed by atoms with Gasteiger partial charge in [-0.3, -0.25) is 4.79 Å². The lowest BCUT2D eigenvalue weighted by atomic mass is 10.1. The van der Waals surface area contributed by atoms with E-state index in [0.717, 1.165) is 18.7 Å². The molecule has 6 nitrogen and oxygen atoms in total. The number of nitrogens with two attached hydrogens (primary N) is 1. The number of carbonyl (C=O) groups is 1. The van der Waals surface area contributed by atoms with Gasteiger partial charge in [0, 0.05) is 32.3 Å². The maximum Gasteiger partial charge on any atom is 0.321 e. The lowest BCUT2D eigenvalue weighted by Crippen LogP contribution is -2.41. The summed E-state index contributed by atoms with van der Waals surface area (Å²) in [6.45, 7) is 6.18. The lowest BCUT2D eigenvalue weighted by molar-refractivity contribution is -0.139. The molecule has 0 fully saturated rings. The highest BCUT2D eigenvalue weighted by Crippen LogP contribution is 2.06. The summed E-state index contributed by atoms with van der Waals surface area (Å²) in [6.07, 6.45) is 5.15. The molecule has 0 aromatic carbocycles. The van der Waals surface area contributed by atoms with Crippen LogP contribution in [0.2, 0.25) is 0 Å². The molecule has 0 saturated carbocycles. The first-order valence-electron chi connectivity index (χ1n) is 6.69. The zero-order valence-corrected chi connectivity index (χ0v) is 11.7. The van der Waals surface area contributed by atoms with Gasteiger partial charge in [0.25, 0.3) is 0 Å². The number of aryl methyl sites for hydroxylation is 1. The SMILES string of the molecule is CC(C)CCn1cnc(C[C@H](NCCN)C(=O)O)c1. The number of aliphatic carboxylic acids is 1. The molecule has 0 spiro atoms. The summed E-state index contributed by atoms with van der Waals surface area (Å²) in [7, 11) is 0. The number of carboxylic acids is 1. The normalized spacial score (nSPS) is 12.8. The van der Waals surface area contributed by atoms with Crippen LogP contribution in [0.1, 0.15) is 26.0 Å². The zero-order valence-electron chi connectivity index (χ0n) is 11.7. The molecule has 1 atom stereocenters. The van der Waals surface area contributed by atoms with Gasteiger partial charge in [-0.15, -0.1) is 0 Å². The van der Waals surface area contributed by atoms with Crippen molar-refractivity contribution < 1.29 is 9.90 Å². The molecule has 0 aliphatic heterocycles. The highest BCUT2D eigenvalue weighted by Gasteiger charge is 2.18. The van der Waals surface area contributed by atoms with Crippen molar-refractivity contribution in [3.05, 3.63) is 18.2 Å². The Labute approximate surface area is 114 Å². The summed E-state index contributed by atoms with van der Waals surface area (Å²) in [6, 6.07) is -0.628. The van der Waals surface area contributed by atoms with E-state index in [4.69, 9.17) is 10.8 Å². The second kappa shape index (κ2) is 7.91. The number of nitrogens with one attached hydrogen (secondary N) is 1. The summed E-state index contributed by atoms with van der Waals surface area (Å²) >= 11 is 0. The molecule has 6 heteroatoms. The molecular formula is C13H24N4O2. The highest BCUT2D eigenvalue weighted by molar-refractivity contribution is 5.73. The zero-order chi connectivity index (χ0) is 14.3. The molecule has 4 N–H and O–H groups in total. The van der Waals surface area contributed by atoms with Crippen LogP contribution in [0, 0.1) is 5.92 Å². The number of rotatable bonds is 9. The molecule has 19 heavy (non-hydrogen) atoms. The predicted octanol–water partition coefficient (Wildman–Crippen LogP) is 0.473. The molecule has 0 saturated heterocycles. The lowest BCUT2D eigenvalue weighted by Gasteiger charge is -2.12. The third-order valence-corrected chi connectivity index (χ3v) is 2.90. The molecular weight excluding hydrogens is 244 g/mol. The smallest absolute Gasteiger partial charge is 0.321 e. The van der Waals surface area contributed by atoms with Crippen LogP contribution in [0.25, 0.3) is 0 Å². The Balaban J connectivity index is 2.52. The first-order valence-corrected chi connectivity index (χ1v) is 6.69. The third kappa shape index (κ3) is 5.85. The fraction of sp³-hybridized carbons (Fsp3) is 0.692. The number of aromatic nitrogens is 2. The van der Waals surface area contributed by atoms with Crippen LogP contribution in [-0.4, -0.2) is 39.8 Å². The van der Waals surface area contributed by atoms with Crippen molar-refractivity contribution >= 4 is 5.97 Å². The summed E-state index contributed by atoms with van der Waals surface area (Å²) in [5.74, 6) is -0.228. The van der Waals surface area contributed by atoms with Crippen LogP contribution in [0.15, 0.2) is 12.5 Å². The third-order valence-electron chi connectivity index (χ3n) is 2.90. The van der Waals surface area contributed by atoms with E-state index >= 15 is 0 Å². The average Bonchev–Trinajstić information content (AvgIpc) is 2.79. The van der Waals surface area contributed by atoms with Crippen LogP contribution in [-0.2, 0) is 17.8 Å². The largest absolute Gasteiger partial charge is 0.480 e. The van der Waals surface area contributed by atoms with Crippen LogP contribution in [0.5, 0.6) is 0 Å². The summed E-state index contributed by atoms with van der Waals surface area (Å²) < 4.78 is 2.01. The molecule has 0 aliphatic rings. The van der Waals surface area contributed by atoms with E-state index in [2.05, 4.69) is 24.1 Å². The van der Waals surface area contributed by atoms with Gasteiger partial charge in [0.2, 0.25) is 0 Å². The molecule has 0 bridgehead atoms. The van der Waals surface area contributed by atoms with E-state index in [-0.39, 0.29) is 0 Å². The first kappa shape index (κ1) is 15.7. The minimum atomic E-state index is -0.870. The Bertz CT molecular complexity index is 390. The van der Waals surface area contributed by atoms with Crippen molar-refractivity contribution in [2.45, 2.75) is 39.3 Å². The fourth-order valence-electron chi connectivity index (χ4n) is 1.75. The molecule has 0 aliphatic carbocycles. The van der Waals surface area contributed by atoms with Gasteiger partial charge in [0.05, 0.1) is 12.0 Å². The Morgan fingerprint density at radius 2 is 2.32 bits per heavy atom. The maximum absolute atomic E-state index is 11.1. The van der Waals surface area contributed by atoms with Gasteiger partial charge in [-0.25, -0.2) is 4.98 Å². The van der Waals surface area contributed by atoms with Crippen LogP contribution in [0.3, 0.4) is 0 Å². The first-order chi connectivity index (χ1) is 9.02. The standard InChI is InChI=1S/C13H24N4O2/c1-10(2)3-6-17-8-11(16-9-17)7-12(13(18)19)15-5-4-14/h8-10,12,15H,3-7,14H2,1-2H3,(H,18,19)/t12-/m0/s1. The number of nitrogens with zero attached hydrogens (tertiary/aromatic N) is 2. The molecule has 0 amide bonds. The molecule has 1 heterocycles. The predicted molar refractivity (Wildman–Crippen MR) is 73.9 cm³/mol. The number of imidazole rings is 1. The van der Waals surface area contributed by atoms with E-state index in [1.165, 1.54) is 0 Å². The van der Waals surface area contributed by atoms with Gasteiger partial charge in [0.1, 0.15) is 6.04 Å². The van der Waals surface area contributed by atoms with Crippen molar-refractivity contribution in [2.75, 3.05) is 13.1 Å². The molecule has 108 valence electrons. The van der Waals surface area contributed by atoms with Gasteiger partial charge in [-0.2, -0.15) is 0 Å². The summed E-state index contributed by atoms with van der Waals surface area (Å²) in [5.41, 5.74) is 6.16. The van der Waals surface area contributed by atoms with Crippen LogP contribution in [0.4, 0.5) is 0 Å². The van der Waals surface area contributed by atoms with Gasteiger partial charge in [-0.1, -0.05) is 13.8 Å². The Kier molecular flexibility index (Phi) is 6.52. The summed E-state index contributed by atoms with van der Waals surface area (Å²) in [5, 5.41) is 12.0. The number of carboxylic acid groups (broad SMARTS) is 1. The van der Waals surface area contributed by atoms with E-state index in [0.29, 0.717) is 25.4 Å². The van der Waals surface area contributed by atoms with E-state index in [1.54, 1.807) is 6.33 Å². The Hall–Kier alpha value is -1.40. The van der Waals surface area contributed by atoms with Crippen molar-refractivity contribution in [3.63, 3.8) is 0 Å². The second-order valence-electron chi connectivity index (χ2n) is 5.12. The van der Waals surface area contributed by atoms with Crippen molar-refractivity contribution in [3.8, 4) is 0 Å². The Morgan fingerprint density at radius 1 is 1.58 bits per heavy atom. The van der Waals surface area contributed by atoms with Crippen molar-refractivity contribution in [1.82, 2.24) is 14.9 Å². The van der Waals surface area contributed by atoms with Crippen LogP contribution >= 0.6 is 0 Å². The number of hydrogen-bond acceptors (Lipinski definition) is 4. The highest BCUT2D eigenvalue weighted by atomic mass is 16.4. The minimum absolute atomic E-state index is 0.379. The quantitative estimate of drug-likeness (QED) is 0.605. The molecule has 1 aromatic rings. The maximum atomic E-state index is 11.1. The molecule has 1 aromatic heterocycles. The molecule has 1 rings (SSSR count). The molecule has 0 unspecified atom stereocenters. The number of hydrogen-bond donors (Lipinski definition) is 3. The van der Waals surface area contributed by atoms with E-state index in [1.807, 2.05) is 10.8 Å². The fourth-order valence-corrected chi connectivity index (χ4v) is 1.75. The van der Waals surface area contributed by atoms with Gasteiger partial charge >= 0.3 is 5.97 Å². The monoisotopic (exact) mass is 268 g/mol. The van der Waals surface area contributed by atoms with E-state index < -0.39 is 12.0 Å². The van der Waals surface area contributed by atoms with E-state index in [9.17, 15) is 4.79 Å². The Morgan fingerprint density at radius 3 is 2.89 bits per heavy atom.